The van der Waals surface area contributed by atoms with E-state index in [1.807, 2.05) is 13.0 Å². The molecular weight excluding hydrogens is 418 g/mol. The predicted octanol–water partition coefficient (Wildman–Crippen LogP) is 2.70. The normalized spacial score (nSPS) is 11.6. The van der Waals surface area contributed by atoms with Gasteiger partial charge in [0, 0.05) is 12.5 Å². The Morgan fingerprint density at radius 1 is 1.19 bits per heavy atom. The van der Waals surface area contributed by atoms with Crippen LogP contribution in [0.1, 0.15) is 24.0 Å². The van der Waals surface area contributed by atoms with Gasteiger partial charge in [-0.25, -0.2) is 18.1 Å². The lowest BCUT2D eigenvalue weighted by molar-refractivity contribution is 0.313. The summed E-state index contributed by atoms with van der Waals surface area (Å²) in [6.07, 6.45) is 0.948. The number of aromatic nitrogens is 4. The second kappa shape index (κ2) is 7.85. The molecule has 4 aromatic rings. The maximum atomic E-state index is 13.3. The molecule has 0 aliphatic rings. The molecule has 0 amide bonds. The number of aryl methyl sites for hydroxylation is 2. The average molecular weight is 437 g/mol. The van der Waals surface area contributed by atoms with Crippen molar-refractivity contribution in [3.05, 3.63) is 57.9 Å². The van der Waals surface area contributed by atoms with Gasteiger partial charge in [-0.1, -0.05) is 17.7 Å². The number of nitrogens with one attached hydrogen (secondary N) is 1. The van der Waals surface area contributed by atoms with Crippen molar-refractivity contribution in [3.63, 3.8) is 0 Å². The van der Waals surface area contributed by atoms with Gasteiger partial charge in [0.15, 0.2) is 5.65 Å². The molecule has 0 saturated heterocycles. The topological polar surface area (TPSA) is 130 Å². The van der Waals surface area contributed by atoms with E-state index < -0.39 is 15.4 Å². The lowest BCUT2D eigenvalue weighted by Gasteiger charge is -2.08. The zero-order valence-corrected chi connectivity index (χ0v) is 17.7. The second-order valence-corrected chi connectivity index (χ2v) is 8.99. The smallest absolute Gasteiger partial charge is 0.281 e. The quantitative estimate of drug-likeness (QED) is 0.459. The van der Waals surface area contributed by atoms with Crippen molar-refractivity contribution < 1.29 is 13.2 Å². The van der Waals surface area contributed by atoms with Crippen LogP contribution in [0.25, 0.3) is 16.6 Å². The Morgan fingerprint density at radius 3 is 2.74 bits per heavy atom. The van der Waals surface area contributed by atoms with Gasteiger partial charge in [0.1, 0.15) is 5.75 Å². The number of H-pyrrole nitrogens is 1. The Morgan fingerprint density at radius 2 is 2.00 bits per heavy atom. The highest BCUT2D eigenvalue weighted by Crippen LogP contribution is 2.27. The van der Waals surface area contributed by atoms with E-state index in [0.717, 1.165) is 5.56 Å². The van der Waals surface area contributed by atoms with E-state index in [9.17, 15) is 13.2 Å². The molecule has 31 heavy (non-hydrogen) atoms. The minimum absolute atomic E-state index is 0.0842. The SMILES string of the molecule is Cc1ccc(S(=O)(=O)c2n[nH]n3c2nc(=O)c2ccc(OCCCC#N)cc23)c(C)c1. The van der Waals surface area contributed by atoms with Crippen LogP contribution in [0.5, 0.6) is 5.75 Å². The summed E-state index contributed by atoms with van der Waals surface area (Å²) in [6, 6.07) is 11.9. The summed E-state index contributed by atoms with van der Waals surface area (Å²) in [6.45, 7) is 3.93. The number of nitriles is 1. The number of benzene rings is 2. The maximum Gasteiger partial charge on any atom is 0.281 e. The molecule has 0 aliphatic carbocycles. The van der Waals surface area contributed by atoms with Gasteiger partial charge in [-0.15, -0.1) is 5.10 Å². The molecule has 0 radical (unpaired) electrons. The van der Waals surface area contributed by atoms with Crippen LogP contribution in [-0.4, -0.2) is 34.8 Å². The fourth-order valence-electron chi connectivity index (χ4n) is 3.40. The number of fused-ring (bicyclic) bond motifs is 3. The van der Waals surface area contributed by atoms with Crippen LogP contribution in [0.3, 0.4) is 0 Å². The molecule has 1 N–H and O–H groups in total. The van der Waals surface area contributed by atoms with E-state index in [2.05, 4.69) is 15.3 Å². The molecule has 0 aliphatic heterocycles. The van der Waals surface area contributed by atoms with Crippen molar-refractivity contribution in [3.8, 4) is 11.8 Å². The van der Waals surface area contributed by atoms with Crippen LogP contribution >= 0.6 is 0 Å². The molecule has 2 heterocycles. The highest BCUT2D eigenvalue weighted by Gasteiger charge is 2.27. The Labute approximate surface area is 177 Å². The van der Waals surface area contributed by atoms with Crippen molar-refractivity contribution in [2.24, 2.45) is 0 Å². The molecule has 4 rings (SSSR count). The minimum atomic E-state index is -4.01. The van der Waals surface area contributed by atoms with Gasteiger partial charge in [0.05, 0.1) is 28.5 Å². The first-order chi connectivity index (χ1) is 14.8. The van der Waals surface area contributed by atoms with Gasteiger partial charge in [0.2, 0.25) is 14.9 Å². The number of ether oxygens (including phenoxy) is 1. The van der Waals surface area contributed by atoms with Crippen molar-refractivity contribution in [1.29, 1.82) is 5.26 Å². The van der Waals surface area contributed by atoms with Crippen molar-refractivity contribution in [2.75, 3.05) is 6.61 Å². The zero-order valence-electron chi connectivity index (χ0n) is 16.9. The summed E-state index contributed by atoms with van der Waals surface area (Å²) in [5.74, 6) is 0.484. The summed E-state index contributed by atoms with van der Waals surface area (Å²) < 4.78 is 33.5. The largest absolute Gasteiger partial charge is 0.493 e. The fraction of sp³-hybridized carbons (Fsp3) is 0.238. The third-order valence-electron chi connectivity index (χ3n) is 4.88. The van der Waals surface area contributed by atoms with Crippen LogP contribution < -0.4 is 10.3 Å². The Balaban J connectivity index is 1.86. The second-order valence-electron chi connectivity index (χ2n) is 7.15. The van der Waals surface area contributed by atoms with Gasteiger partial charge >= 0.3 is 0 Å². The summed E-state index contributed by atoms with van der Waals surface area (Å²) in [4.78, 5) is 16.7. The van der Waals surface area contributed by atoms with E-state index in [1.54, 1.807) is 37.3 Å². The summed E-state index contributed by atoms with van der Waals surface area (Å²) in [7, 11) is -4.01. The first kappa shape index (κ1) is 20.6. The first-order valence-corrected chi connectivity index (χ1v) is 11.0. The monoisotopic (exact) mass is 437 g/mol. The molecule has 0 saturated carbocycles. The minimum Gasteiger partial charge on any atom is -0.493 e. The Hall–Kier alpha value is -3.71. The van der Waals surface area contributed by atoms with Gasteiger partial charge in [-0.05, 0) is 44.0 Å². The lowest BCUT2D eigenvalue weighted by Crippen LogP contribution is -2.12. The Kier molecular flexibility index (Phi) is 5.20. The molecule has 0 atom stereocenters. The fourth-order valence-corrected chi connectivity index (χ4v) is 4.88. The number of hydrogen-bond acceptors (Lipinski definition) is 7. The number of rotatable bonds is 6. The number of unbranched alkanes of at least 4 members (excludes halogenated alkanes) is 1. The van der Waals surface area contributed by atoms with Crippen molar-refractivity contribution >= 4 is 26.4 Å². The first-order valence-electron chi connectivity index (χ1n) is 9.56. The van der Waals surface area contributed by atoms with E-state index >= 15 is 0 Å². The van der Waals surface area contributed by atoms with E-state index in [0.29, 0.717) is 41.7 Å². The highest BCUT2D eigenvalue weighted by atomic mass is 32.2. The summed E-state index contributed by atoms with van der Waals surface area (Å²) >= 11 is 0. The number of sulfone groups is 1. The van der Waals surface area contributed by atoms with E-state index in [-0.39, 0.29) is 15.6 Å². The molecule has 9 nitrogen and oxygen atoms in total. The van der Waals surface area contributed by atoms with Gasteiger partial charge < -0.3 is 4.74 Å². The third-order valence-corrected chi connectivity index (χ3v) is 6.70. The summed E-state index contributed by atoms with van der Waals surface area (Å²) in [5.41, 5.74) is 1.26. The number of aromatic amines is 1. The van der Waals surface area contributed by atoms with E-state index in [1.165, 1.54) is 10.6 Å². The van der Waals surface area contributed by atoms with Crippen LogP contribution in [-0.2, 0) is 9.84 Å². The molecule has 2 aromatic carbocycles. The predicted molar refractivity (Wildman–Crippen MR) is 113 cm³/mol. The Bertz CT molecular complexity index is 1510. The zero-order chi connectivity index (χ0) is 22.2. The molecule has 0 spiro atoms. The number of nitrogens with zero attached hydrogens (tertiary/aromatic N) is 4. The van der Waals surface area contributed by atoms with Crippen molar-refractivity contribution in [1.82, 2.24) is 19.8 Å². The summed E-state index contributed by atoms with van der Waals surface area (Å²) in [5, 5.41) is 15.2. The van der Waals surface area contributed by atoms with Gasteiger partial charge in [0.25, 0.3) is 5.56 Å². The molecule has 0 unspecified atom stereocenters. The van der Waals surface area contributed by atoms with Gasteiger partial charge in [-0.3, -0.25) is 4.79 Å². The highest BCUT2D eigenvalue weighted by molar-refractivity contribution is 7.91. The van der Waals surface area contributed by atoms with Crippen LogP contribution in [0.4, 0.5) is 0 Å². The average Bonchev–Trinajstić information content (AvgIpc) is 3.16. The molecule has 158 valence electrons. The molecule has 0 bridgehead atoms. The molecule has 0 fully saturated rings. The van der Waals surface area contributed by atoms with Crippen molar-refractivity contribution in [2.45, 2.75) is 36.6 Å². The van der Waals surface area contributed by atoms with Crippen LogP contribution in [0.2, 0.25) is 0 Å². The standard InChI is InChI=1S/C21H19N5O4S/c1-13-5-8-18(14(2)11-13)31(28,29)21-19-23-20(27)16-7-6-15(30-10-4-3-9-22)12-17(16)26(19)25-24-21/h5-8,11-12,25H,3-4,10H2,1-2H3. The third kappa shape index (κ3) is 3.64. The molecular formula is C21H19N5O4S. The molecule has 10 heteroatoms. The van der Waals surface area contributed by atoms with E-state index in [4.69, 9.17) is 10.00 Å². The van der Waals surface area contributed by atoms with Crippen LogP contribution in [0, 0.1) is 25.2 Å². The molecule has 2 aromatic heterocycles. The van der Waals surface area contributed by atoms with Gasteiger partial charge in [-0.2, -0.15) is 10.2 Å². The lowest BCUT2D eigenvalue weighted by atomic mass is 10.2. The number of hydrogen-bond donors (Lipinski definition) is 1. The maximum absolute atomic E-state index is 13.3. The van der Waals surface area contributed by atoms with Crippen LogP contribution in [0.15, 0.2) is 51.1 Å².